The van der Waals surface area contributed by atoms with Gasteiger partial charge in [-0.1, -0.05) is 268 Å². The highest BCUT2D eigenvalue weighted by Gasteiger charge is 2.52. The Morgan fingerprint density at radius 1 is 0.375 bits per heavy atom. The third-order valence-electron chi connectivity index (χ3n) is 12.7. The van der Waals surface area contributed by atoms with Crippen LogP contribution in [0, 0.1) is 19.8 Å². The molecule has 0 radical (unpaired) electrons. The molecule has 2 aliphatic rings. The molecule has 0 spiro atoms. The summed E-state index contributed by atoms with van der Waals surface area (Å²) in [5.41, 5.74) is 18.6. The largest absolute Gasteiger partial charge is 0.0836 e. The van der Waals surface area contributed by atoms with Crippen LogP contribution in [0.3, 0.4) is 0 Å². The van der Waals surface area contributed by atoms with Gasteiger partial charge in [-0.3, -0.25) is 0 Å². The number of fused-ring (bicyclic) bond motifs is 4. The molecule has 314 valence electrons. The quantitative estimate of drug-likeness (QED) is 0.162. The number of benzene rings is 9. The highest BCUT2D eigenvalue weighted by molar-refractivity contribution is 5.96. The standard InChI is InChI=1S/C36H28.2C13H12.C2H6/c1-25-11-9-20-34-35(25)32-17-7-8-19-33(32)36(34,28-14-3-2-4-15-28)29-23-21-27(22-24-29)31-18-10-13-26-12-5-6-16-30(26)31;2*1-11-7-9-13(10-8-11)12-5-3-2-4-6-12;1-2/h2-19,21-24,34H,20H2,1H3;2*2-10H,1H3;1-2H3. The van der Waals surface area contributed by atoms with Crippen molar-refractivity contribution in [2.24, 2.45) is 5.92 Å². The molecular formula is C64H58. The van der Waals surface area contributed by atoms with E-state index in [9.17, 15) is 0 Å². The second kappa shape index (κ2) is 20.3. The molecule has 2 aliphatic carbocycles. The van der Waals surface area contributed by atoms with Crippen molar-refractivity contribution in [1.82, 2.24) is 0 Å². The highest BCUT2D eigenvalue weighted by atomic mass is 14.5. The first-order valence-electron chi connectivity index (χ1n) is 22.9. The van der Waals surface area contributed by atoms with Crippen LogP contribution in [0.25, 0.3) is 49.7 Å². The van der Waals surface area contributed by atoms with Gasteiger partial charge in [-0.25, -0.2) is 0 Å². The van der Waals surface area contributed by atoms with Crippen LogP contribution in [0.15, 0.2) is 248 Å². The predicted octanol–water partition coefficient (Wildman–Crippen LogP) is 17.6. The molecule has 64 heavy (non-hydrogen) atoms. The molecule has 0 N–H and O–H groups in total. The van der Waals surface area contributed by atoms with Crippen molar-refractivity contribution in [1.29, 1.82) is 0 Å². The van der Waals surface area contributed by atoms with Gasteiger partial charge >= 0.3 is 0 Å². The van der Waals surface area contributed by atoms with Crippen LogP contribution in [0.1, 0.15) is 60.6 Å². The lowest BCUT2D eigenvalue weighted by atomic mass is 9.62. The molecule has 0 nitrogen and oxygen atoms in total. The number of hydrogen-bond donors (Lipinski definition) is 0. The number of rotatable bonds is 5. The maximum atomic E-state index is 2.39. The van der Waals surface area contributed by atoms with E-state index in [-0.39, 0.29) is 5.41 Å². The topological polar surface area (TPSA) is 0 Å². The van der Waals surface area contributed by atoms with Crippen molar-refractivity contribution < 1.29 is 0 Å². The zero-order valence-electron chi connectivity index (χ0n) is 37.9. The fraction of sp³-hybridized carbons (Fsp3) is 0.125. The summed E-state index contributed by atoms with van der Waals surface area (Å²) in [6.07, 6.45) is 5.73. The van der Waals surface area contributed by atoms with Gasteiger partial charge in [0.25, 0.3) is 0 Å². The maximum absolute atomic E-state index is 2.39. The molecule has 0 fully saturated rings. The summed E-state index contributed by atoms with van der Waals surface area (Å²) < 4.78 is 0. The second-order valence-electron chi connectivity index (χ2n) is 16.6. The lowest BCUT2D eigenvalue weighted by Crippen LogP contribution is -2.34. The number of aryl methyl sites for hydroxylation is 2. The van der Waals surface area contributed by atoms with E-state index in [1.165, 1.54) is 88.7 Å². The van der Waals surface area contributed by atoms with Crippen molar-refractivity contribution in [2.45, 2.75) is 46.5 Å². The van der Waals surface area contributed by atoms with Crippen LogP contribution in [0.4, 0.5) is 0 Å². The maximum Gasteiger partial charge on any atom is 0.0528 e. The van der Waals surface area contributed by atoms with Crippen LogP contribution < -0.4 is 0 Å². The second-order valence-corrected chi connectivity index (χ2v) is 16.6. The van der Waals surface area contributed by atoms with E-state index >= 15 is 0 Å². The first-order valence-corrected chi connectivity index (χ1v) is 22.9. The fourth-order valence-electron chi connectivity index (χ4n) is 9.63. The molecule has 0 aliphatic heterocycles. The molecule has 0 saturated heterocycles. The summed E-state index contributed by atoms with van der Waals surface area (Å²) in [5, 5.41) is 2.58. The van der Waals surface area contributed by atoms with E-state index in [0.29, 0.717) is 5.92 Å². The van der Waals surface area contributed by atoms with E-state index in [1.807, 2.05) is 26.0 Å². The van der Waals surface area contributed by atoms with Gasteiger partial charge in [0.05, 0.1) is 5.41 Å². The lowest BCUT2D eigenvalue weighted by molar-refractivity contribution is 0.482. The average molecular weight is 827 g/mol. The molecule has 11 rings (SSSR count). The zero-order valence-corrected chi connectivity index (χ0v) is 37.9. The Balaban J connectivity index is 0.000000163. The van der Waals surface area contributed by atoms with Gasteiger partial charge in [0, 0.05) is 5.92 Å². The van der Waals surface area contributed by atoms with E-state index in [1.54, 1.807) is 0 Å². The highest BCUT2D eigenvalue weighted by Crippen LogP contribution is 2.60. The summed E-state index contributed by atoms with van der Waals surface area (Å²) in [7, 11) is 0. The van der Waals surface area contributed by atoms with E-state index in [4.69, 9.17) is 0 Å². The third-order valence-corrected chi connectivity index (χ3v) is 12.7. The van der Waals surface area contributed by atoms with Crippen molar-refractivity contribution in [3.8, 4) is 33.4 Å². The van der Waals surface area contributed by atoms with Crippen LogP contribution in [0.2, 0.25) is 0 Å². The first kappa shape index (κ1) is 43.4. The van der Waals surface area contributed by atoms with Crippen LogP contribution in [-0.2, 0) is 5.41 Å². The molecular weight excluding hydrogens is 769 g/mol. The molecule has 2 atom stereocenters. The average Bonchev–Trinajstić information content (AvgIpc) is 3.68. The third kappa shape index (κ3) is 8.96. The Bertz CT molecular complexity index is 2870. The molecule has 0 heterocycles. The lowest BCUT2D eigenvalue weighted by Gasteiger charge is -2.39. The van der Waals surface area contributed by atoms with Gasteiger partial charge in [0.15, 0.2) is 0 Å². The summed E-state index contributed by atoms with van der Waals surface area (Å²) in [6.45, 7) is 10.5. The Morgan fingerprint density at radius 3 is 1.41 bits per heavy atom. The minimum Gasteiger partial charge on any atom is -0.0836 e. The van der Waals surface area contributed by atoms with Gasteiger partial charge in [0.2, 0.25) is 0 Å². The van der Waals surface area contributed by atoms with Gasteiger partial charge in [0.1, 0.15) is 0 Å². The number of allylic oxidation sites excluding steroid dienone is 4. The minimum absolute atomic E-state index is 0.212. The molecule has 0 saturated carbocycles. The van der Waals surface area contributed by atoms with Crippen molar-refractivity contribution in [3.63, 3.8) is 0 Å². The van der Waals surface area contributed by atoms with E-state index < -0.39 is 0 Å². The Hall–Kier alpha value is -7.28. The molecule has 2 unspecified atom stereocenters. The van der Waals surface area contributed by atoms with Crippen molar-refractivity contribution in [2.75, 3.05) is 0 Å². The summed E-state index contributed by atoms with van der Waals surface area (Å²) >= 11 is 0. The Kier molecular flexibility index (Phi) is 13.7. The molecule has 0 aromatic heterocycles. The molecule has 0 amide bonds. The summed E-state index contributed by atoms with van der Waals surface area (Å²) in [6, 6.07) is 83.0. The van der Waals surface area contributed by atoms with Crippen LogP contribution in [-0.4, -0.2) is 0 Å². The van der Waals surface area contributed by atoms with Crippen molar-refractivity contribution >= 4 is 16.3 Å². The summed E-state index contributed by atoms with van der Waals surface area (Å²) in [4.78, 5) is 0. The SMILES string of the molecule is CC.CC1=C2c3ccccc3C(c3ccccc3)(c3ccc(-c4cccc5ccccc45)cc3)C2CC=C1.Cc1ccc(-c2ccccc2)cc1.Cc1ccc(-c2ccccc2)cc1. The van der Waals surface area contributed by atoms with Gasteiger partial charge in [-0.05, 0) is 105 Å². The van der Waals surface area contributed by atoms with E-state index in [0.717, 1.165) is 6.42 Å². The van der Waals surface area contributed by atoms with Gasteiger partial charge in [-0.15, -0.1) is 0 Å². The molecule has 9 aromatic rings. The first-order chi connectivity index (χ1) is 31.5. The van der Waals surface area contributed by atoms with Crippen LogP contribution in [0.5, 0.6) is 0 Å². The van der Waals surface area contributed by atoms with Gasteiger partial charge in [-0.2, -0.15) is 0 Å². The summed E-state index contributed by atoms with van der Waals surface area (Å²) in [5.74, 6) is 0.380. The minimum atomic E-state index is -0.212. The van der Waals surface area contributed by atoms with Gasteiger partial charge < -0.3 is 0 Å². The van der Waals surface area contributed by atoms with E-state index in [2.05, 4.69) is 251 Å². The normalized spacial score (nSPS) is 15.6. The molecule has 0 heteroatoms. The van der Waals surface area contributed by atoms with Crippen molar-refractivity contribution in [3.05, 3.63) is 282 Å². The zero-order chi connectivity index (χ0) is 44.3. The molecule has 9 aromatic carbocycles. The number of hydrogen-bond acceptors (Lipinski definition) is 0. The van der Waals surface area contributed by atoms with Crippen LogP contribution >= 0.6 is 0 Å². The Morgan fingerprint density at radius 2 is 0.812 bits per heavy atom. The fourth-order valence-corrected chi connectivity index (χ4v) is 9.63. The molecule has 0 bridgehead atoms. The monoisotopic (exact) mass is 826 g/mol. The smallest absolute Gasteiger partial charge is 0.0528 e. The Labute approximate surface area is 382 Å². The predicted molar refractivity (Wildman–Crippen MR) is 277 cm³/mol.